The summed E-state index contributed by atoms with van der Waals surface area (Å²) >= 11 is 6.20. The van der Waals surface area contributed by atoms with Crippen molar-refractivity contribution >= 4 is 29.1 Å². The van der Waals surface area contributed by atoms with Crippen LogP contribution in [0.4, 0.5) is 5.69 Å². The molecule has 5 heteroatoms. The number of likely N-dealkylation sites (tertiary alicyclic amines) is 1. The van der Waals surface area contributed by atoms with Gasteiger partial charge >= 0.3 is 0 Å². The lowest BCUT2D eigenvalue weighted by atomic mass is 9.90. The second kappa shape index (κ2) is 9.24. The van der Waals surface area contributed by atoms with E-state index in [-0.39, 0.29) is 18.4 Å². The Morgan fingerprint density at radius 2 is 1.79 bits per heavy atom. The quantitative estimate of drug-likeness (QED) is 0.744. The Morgan fingerprint density at radius 3 is 2.39 bits per heavy atom. The fourth-order valence-electron chi connectivity index (χ4n) is 3.70. The van der Waals surface area contributed by atoms with Gasteiger partial charge in [-0.25, -0.2) is 0 Å². The van der Waals surface area contributed by atoms with Crippen LogP contribution in [-0.4, -0.2) is 36.3 Å². The average Bonchev–Trinajstić information content (AvgIpc) is 2.69. The molecule has 2 aromatic carbocycles. The molecule has 0 N–H and O–H groups in total. The van der Waals surface area contributed by atoms with Crippen LogP contribution in [0.15, 0.2) is 48.5 Å². The molecule has 1 heterocycles. The number of amides is 2. The molecule has 0 aromatic heterocycles. The minimum atomic E-state index is -0.160. The summed E-state index contributed by atoms with van der Waals surface area (Å²) in [7, 11) is 0. The van der Waals surface area contributed by atoms with Crippen molar-refractivity contribution in [3.63, 3.8) is 0 Å². The molecule has 1 aliphatic heterocycles. The van der Waals surface area contributed by atoms with E-state index in [4.69, 9.17) is 11.6 Å². The van der Waals surface area contributed by atoms with Crippen molar-refractivity contribution in [2.45, 2.75) is 33.1 Å². The summed E-state index contributed by atoms with van der Waals surface area (Å²) in [4.78, 5) is 28.3. The van der Waals surface area contributed by atoms with Crippen LogP contribution in [-0.2, 0) is 16.0 Å². The first kappa shape index (κ1) is 20.4. The van der Waals surface area contributed by atoms with E-state index < -0.39 is 0 Å². The molecule has 1 aliphatic rings. The Balaban J connectivity index is 1.57. The van der Waals surface area contributed by atoms with E-state index in [1.165, 1.54) is 17.4 Å². The molecule has 0 aliphatic carbocycles. The normalized spacial score (nSPS) is 14.8. The maximum Gasteiger partial charge on any atom is 0.242 e. The maximum absolute atomic E-state index is 12.8. The number of piperidine rings is 1. The summed E-state index contributed by atoms with van der Waals surface area (Å²) in [6, 6.07) is 16.0. The molecule has 0 unspecified atom stereocenters. The molecule has 0 spiro atoms. The molecule has 4 nitrogen and oxygen atoms in total. The largest absolute Gasteiger partial charge is 0.341 e. The number of hydrogen-bond acceptors (Lipinski definition) is 2. The SMILES string of the molecule is CC(=O)N(CC(=O)N1CCC(Cc2ccccc2)CC1)c1ccc(C)c(Cl)c1. The Bertz CT molecular complexity index is 830. The third kappa shape index (κ3) is 5.14. The molecular weight excluding hydrogens is 372 g/mol. The minimum absolute atomic E-state index is 0.00921. The minimum Gasteiger partial charge on any atom is -0.341 e. The highest BCUT2D eigenvalue weighted by Crippen LogP contribution is 2.25. The fraction of sp³-hybridized carbons (Fsp3) is 0.391. The van der Waals surface area contributed by atoms with Gasteiger partial charge in [0.25, 0.3) is 0 Å². The Kier molecular flexibility index (Phi) is 6.74. The molecule has 1 saturated heterocycles. The summed E-state index contributed by atoms with van der Waals surface area (Å²) in [6.07, 6.45) is 3.05. The highest BCUT2D eigenvalue weighted by Gasteiger charge is 2.25. The van der Waals surface area contributed by atoms with Gasteiger partial charge in [0.15, 0.2) is 0 Å². The van der Waals surface area contributed by atoms with Gasteiger partial charge in [0.05, 0.1) is 0 Å². The second-order valence-corrected chi connectivity index (χ2v) is 7.96. The van der Waals surface area contributed by atoms with Gasteiger partial charge in [-0.15, -0.1) is 0 Å². The number of nitrogens with zero attached hydrogens (tertiary/aromatic N) is 2. The Labute approximate surface area is 172 Å². The number of hydrogen-bond donors (Lipinski definition) is 0. The molecule has 3 rings (SSSR count). The fourth-order valence-corrected chi connectivity index (χ4v) is 3.88. The first-order valence-corrected chi connectivity index (χ1v) is 10.2. The molecule has 0 bridgehead atoms. The Morgan fingerprint density at radius 1 is 1.11 bits per heavy atom. The predicted octanol–water partition coefficient (Wildman–Crippen LogP) is 4.48. The third-order valence-electron chi connectivity index (χ3n) is 5.48. The zero-order valence-electron chi connectivity index (χ0n) is 16.5. The monoisotopic (exact) mass is 398 g/mol. The van der Waals surface area contributed by atoms with Crippen LogP contribution in [0.1, 0.15) is 30.9 Å². The van der Waals surface area contributed by atoms with Gasteiger partial charge in [-0.1, -0.05) is 48.0 Å². The second-order valence-electron chi connectivity index (χ2n) is 7.55. The summed E-state index contributed by atoms with van der Waals surface area (Å²) in [5.41, 5.74) is 2.96. The number of benzene rings is 2. The molecule has 2 aromatic rings. The van der Waals surface area contributed by atoms with Crippen LogP contribution in [0.25, 0.3) is 0 Å². The van der Waals surface area contributed by atoms with Crippen LogP contribution in [0.3, 0.4) is 0 Å². The van der Waals surface area contributed by atoms with Crippen LogP contribution in [0.5, 0.6) is 0 Å². The van der Waals surface area contributed by atoms with Crippen molar-refractivity contribution in [1.82, 2.24) is 4.90 Å². The molecule has 0 atom stereocenters. The lowest BCUT2D eigenvalue weighted by molar-refractivity contribution is -0.132. The van der Waals surface area contributed by atoms with Crippen LogP contribution < -0.4 is 4.90 Å². The molecule has 148 valence electrons. The first-order chi connectivity index (χ1) is 13.4. The highest BCUT2D eigenvalue weighted by molar-refractivity contribution is 6.31. The van der Waals surface area contributed by atoms with Crippen molar-refractivity contribution in [3.05, 3.63) is 64.7 Å². The lowest BCUT2D eigenvalue weighted by Crippen LogP contribution is -2.45. The van der Waals surface area contributed by atoms with E-state index in [1.807, 2.05) is 30.0 Å². The molecule has 0 radical (unpaired) electrons. The molecule has 28 heavy (non-hydrogen) atoms. The predicted molar refractivity (Wildman–Crippen MR) is 114 cm³/mol. The van der Waals surface area contributed by atoms with E-state index in [0.717, 1.165) is 37.9 Å². The van der Waals surface area contributed by atoms with Crippen molar-refractivity contribution in [1.29, 1.82) is 0 Å². The molecule has 1 fully saturated rings. The summed E-state index contributed by atoms with van der Waals surface area (Å²) in [6.45, 7) is 4.94. The van der Waals surface area contributed by atoms with Gasteiger partial charge in [0.1, 0.15) is 6.54 Å². The highest BCUT2D eigenvalue weighted by atomic mass is 35.5. The van der Waals surface area contributed by atoms with E-state index in [1.54, 1.807) is 6.07 Å². The molecular formula is C23H27ClN2O2. The number of halogens is 1. The van der Waals surface area contributed by atoms with Crippen molar-refractivity contribution in [2.24, 2.45) is 5.92 Å². The van der Waals surface area contributed by atoms with Crippen LogP contribution in [0.2, 0.25) is 5.02 Å². The number of aryl methyl sites for hydroxylation is 1. The summed E-state index contributed by atoms with van der Waals surface area (Å²) < 4.78 is 0. The van der Waals surface area contributed by atoms with Gasteiger partial charge in [0, 0.05) is 30.7 Å². The van der Waals surface area contributed by atoms with Crippen molar-refractivity contribution in [3.8, 4) is 0 Å². The van der Waals surface area contributed by atoms with Gasteiger partial charge in [-0.05, 0) is 55.4 Å². The number of carbonyl (C=O) groups is 2. The number of carbonyl (C=O) groups excluding carboxylic acids is 2. The van der Waals surface area contributed by atoms with E-state index in [9.17, 15) is 9.59 Å². The lowest BCUT2D eigenvalue weighted by Gasteiger charge is -2.33. The van der Waals surface area contributed by atoms with Crippen LogP contribution in [0, 0.1) is 12.8 Å². The topological polar surface area (TPSA) is 40.6 Å². The van der Waals surface area contributed by atoms with Gasteiger partial charge < -0.3 is 9.80 Å². The number of rotatable bonds is 5. The van der Waals surface area contributed by atoms with Crippen molar-refractivity contribution in [2.75, 3.05) is 24.5 Å². The zero-order valence-corrected chi connectivity index (χ0v) is 17.3. The van der Waals surface area contributed by atoms with E-state index >= 15 is 0 Å². The third-order valence-corrected chi connectivity index (χ3v) is 5.88. The summed E-state index contributed by atoms with van der Waals surface area (Å²) in [5.74, 6) is 0.434. The smallest absolute Gasteiger partial charge is 0.242 e. The van der Waals surface area contributed by atoms with Gasteiger partial charge in [0.2, 0.25) is 11.8 Å². The van der Waals surface area contributed by atoms with Crippen LogP contribution >= 0.6 is 11.6 Å². The number of anilines is 1. The molecule has 2 amide bonds. The maximum atomic E-state index is 12.8. The van der Waals surface area contributed by atoms with Gasteiger partial charge in [-0.3, -0.25) is 9.59 Å². The summed E-state index contributed by atoms with van der Waals surface area (Å²) in [5, 5.41) is 0.595. The van der Waals surface area contributed by atoms with E-state index in [2.05, 4.69) is 24.3 Å². The first-order valence-electron chi connectivity index (χ1n) is 9.80. The zero-order chi connectivity index (χ0) is 20.1. The Hall–Kier alpha value is -2.33. The average molecular weight is 399 g/mol. The van der Waals surface area contributed by atoms with Gasteiger partial charge in [-0.2, -0.15) is 0 Å². The van der Waals surface area contributed by atoms with Crippen molar-refractivity contribution < 1.29 is 9.59 Å². The standard InChI is InChI=1S/C23H27ClN2O2/c1-17-8-9-21(15-22(17)24)26(18(2)27)16-23(28)25-12-10-20(11-13-25)14-19-6-4-3-5-7-19/h3-9,15,20H,10-14,16H2,1-2H3. The van der Waals surface area contributed by atoms with E-state index in [0.29, 0.717) is 16.6 Å². The molecule has 0 saturated carbocycles.